The zero-order valence-electron chi connectivity index (χ0n) is 9.20. The van der Waals surface area contributed by atoms with E-state index in [-0.39, 0.29) is 5.97 Å². The maximum atomic E-state index is 10.6. The van der Waals surface area contributed by atoms with Gasteiger partial charge in [0.25, 0.3) is 0 Å². The lowest BCUT2D eigenvalue weighted by Gasteiger charge is -2.05. The lowest BCUT2D eigenvalue weighted by atomic mass is 10.3. The summed E-state index contributed by atoms with van der Waals surface area (Å²) in [6.07, 6.45) is 6.29. The number of allylic oxidation sites excluding steroid dienone is 3. The van der Waals surface area contributed by atoms with Crippen molar-refractivity contribution in [2.24, 2.45) is 0 Å². The Hall–Kier alpha value is -1.51. The van der Waals surface area contributed by atoms with Crippen LogP contribution in [0.1, 0.15) is 19.8 Å². The van der Waals surface area contributed by atoms with Crippen LogP contribution in [0.4, 0.5) is 0 Å². The van der Waals surface area contributed by atoms with Crippen molar-refractivity contribution in [3.63, 3.8) is 0 Å². The van der Waals surface area contributed by atoms with Gasteiger partial charge in [0.15, 0.2) is 0 Å². The maximum absolute atomic E-state index is 10.6. The van der Waals surface area contributed by atoms with Crippen molar-refractivity contribution < 1.29 is 14.3 Å². The molecule has 84 valence electrons. The van der Waals surface area contributed by atoms with Crippen LogP contribution >= 0.6 is 0 Å². The van der Waals surface area contributed by atoms with Crippen LogP contribution in [0.2, 0.25) is 0 Å². The number of hydrogen-bond acceptors (Lipinski definition) is 3. The van der Waals surface area contributed by atoms with Gasteiger partial charge in [-0.1, -0.05) is 19.2 Å². The van der Waals surface area contributed by atoms with Crippen LogP contribution < -0.4 is 0 Å². The van der Waals surface area contributed by atoms with E-state index in [9.17, 15) is 4.79 Å². The summed E-state index contributed by atoms with van der Waals surface area (Å²) in [6, 6.07) is 0. The van der Waals surface area contributed by atoms with Gasteiger partial charge in [-0.05, 0) is 25.8 Å². The Labute approximate surface area is 91.1 Å². The first-order chi connectivity index (χ1) is 7.20. The monoisotopic (exact) mass is 210 g/mol. The number of rotatable bonds is 8. The summed E-state index contributed by atoms with van der Waals surface area (Å²) < 4.78 is 10.1. The van der Waals surface area contributed by atoms with E-state index in [1.807, 2.05) is 6.92 Å². The molecule has 0 aromatic rings. The smallest absolute Gasteiger partial charge is 0.330 e. The molecule has 0 aromatic carbocycles. The minimum absolute atomic E-state index is 0.376. The number of carbonyl (C=O) groups is 1. The van der Waals surface area contributed by atoms with Crippen LogP contribution in [0, 0.1) is 0 Å². The topological polar surface area (TPSA) is 35.5 Å². The zero-order valence-corrected chi connectivity index (χ0v) is 9.20. The molecule has 3 nitrogen and oxygen atoms in total. The van der Waals surface area contributed by atoms with Crippen LogP contribution in [0.5, 0.6) is 0 Å². The fraction of sp³-hybridized carbons (Fsp3) is 0.417. The maximum Gasteiger partial charge on any atom is 0.330 e. The van der Waals surface area contributed by atoms with Crippen molar-refractivity contribution in [2.75, 3.05) is 13.2 Å². The Morgan fingerprint density at radius 2 is 1.80 bits per heavy atom. The molecule has 0 aromatic heterocycles. The minimum Gasteiger partial charge on any atom is -0.498 e. The van der Waals surface area contributed by atoms with E-state index in [1.54, 1.807) is 12.2 Å². The van der Waals surface area contributed by atoms with Gasteiger partial charge >= 0.3 is 5.97 Å². The Morgan fingerprint density at radius 3 is 2.33 bits per heavy atom. The second kappa shape index (κ2) is 9.06. The second-order valence-electron chi connectivity index (χ2n) is 2.94. The van der Waals surface area contributed by atoms with Crippen molar-refractivity contribution >= 4 is 5.97 Å². The molecule has 0 bridgehead atoms. The Balaban J connectivity index is 3.32. The Bertz CT molecular complexity index is 241. The molecule has 0 atom stereocenters. The van der Waals surface area contributed by atoms with Crippen molar-refractivity contribution in [3.8, 4) is 0 Å². The molecule has 0 spiro atoms. The largest absolute Gasteiger partial charge is 0.498 e. The number of ether oxygens (including phenoxy) is 2. The Morgan fingerprint density at radius 1 is 1.20 bits per heavy atom. The van der Waals surface area contributed by atoms with Crippen molar-refractivity contribution in [2.45, 2.75) is 19.8 Å². The van der Waals surface area contributed by atoms with E-state index in [0.29, 0.717) is 13.2 Å². The summed E-state index contributed by atoms with van der Waals surface area (Å²) in [4.78, 5) is 10.6. The molecule has 0 heterocycles. The highest BCUT2D eigenvalue weighted by Crippen LogP contribution is 1.99. The van der Waals surface area contributed by atoms with Gasteiger partial charge in [0.2, 0.25) is 0 Å². The lowest BCUT2D eigenvalue weighted by molar-refractivity contribution is -0.137. The summed E-state index contributed by atoms with van der Waals surface area (Å²) in [5, 5.41) is 0. The standard InChI is InChI=1S/C12H18O3/c1-4-8-11(3)14-9-6-7-10-15-12(13)5-2/h4-5,8H,1-2,6-7,9-10H2,3H3/b11-8+. The number of hydrogen-bond donors (Lipinski definition) is 0. The molecule has 15 heavy (non-hydrogen) atoms. The van der Waals surface area contributed by atoms with Gasteiger partial charge < -0.3 is 9.47 Å². The predicted octanol–water partition coefficient (Wildman–Crippen LogP) is 2.60. The summed E-state index contributed by atoms with van der Waals surface area (Å²) >= 11 is 0. The zero-order chi connectivity index (χ0) is 11.5. The number of esters is 1. The molecular formula is C12H18O3. The highest BCUT2D eigenvalue weighted by atomic mass is 16.5. The quantitative estimate of drug-likeness (QED) is 0.203. The fourth-order valence-electron chi connectivity index (χ4n) is 0.883. The molecule has 0 unspecified atom stereocenters. The van der Waals surface area contributed by atoms with E-state index in [0.717, 1.165) is 24.7 Å². The third-order valence-corrected chi connectivity index (χ3v) is 1.63. The van der Waals surface area contributed by atoms with E-state index < -0.39 is 0 Å². The molecular weight excluding hydrogens is 192 g/mol. The molecule has 0 saturated heterocycles. The average Bonchev–Trinajstić information content (AvgIpc) is 2.23. The number of unbranched alkanes of at least 4 members (excludes halogenated alkanes) is 1. The molecule has 0 saturated carbocycles. The summed E-state index contributed by atoms with van der Waals surface area (Å²) in [7, 11) is 0. The first-order valence-electron chi connectivity index (χ1n) is 4.92. The SMILES string of the molecule is C=C/C=C(\C)OCCCCOC(=O)C=C. The van der Waals surface area contributed by atoms with Crippen LogP contribution in [-0.2, 0) is 14.3 Å². The van der Waals surface area contributed by atoms with Crippen LogP contribution in [0.15, 0.2) is 37.1 Å². The molecule has 0 fully saturated rings. The normalized spacial score (nSPS) is 10.6. The molecule has 0 N–H and O–H groups in total. The van der Waals surface area contributed by atoms with Crippen LogP contribution in [0.25, 0.3) is 0 Å². The molecule has 0 rings (SSSR count). The average molecular weight is 210 g/mol. The van der Waals surface area contributed by atoms with Gasteiger partial charge in [-0.25, -0.2) is 4.79 Å². The second-order valence-corrected chi connectivity index (χ2v) is 2.94. The highest BCUT2D eigenvalue weighted by molar-refractivity contribution is 5.81. The minimum atomic E-state index is -0.376. The molecule has 0 amide bonds. The van der Waals surface area contributed by atoms with Gasteiger partial charge in [-0.15, -0.1) is 0 Å². The summed E-state index contributed by atoms with van der Waals surface area (Å²) in [5.74, 6) is 0.465. The van der Waals surface area contributed by atoms with Crippen LogP contribution in [-0.4, -0.2) is 19.2 Å². The van der Waals surface area contributed by atoms with Crippen LogP contribution in [0.3, 0.4) is 0 Å². The van der Waals surface area contributed by atoms with E-state index in [4.69, 9.17) is 9.47 Å². The fourth-order valence-corrected chi connectivity index (χ4v) is 0.883. The predicted molar refractivity (Wildman–Crippen MR) is 60.3 cm³/mol. The third-order valence-electron chi connectivity index (χ3n) is 1.63. The van der Waals surface area contributed by atoms with Gasteiger partial charge in [0.1, 0.15) is 0 Å². The summed E-state index contributed by atoms with van der Waals surface area (Å²) in [6.45, 7) is 9.78. The van der Waals surface area contributed by atoms with E-state index in [2.05, 4.69) is 13.2 Å². The summed E-state index contributed by atoms with van der Waals surface area (Å²) in [5.41, 5.74) is 0. The first-order valence-corrected chi connectivity index (χ1v) is 4.92. The highest BCUT2D eigenvalue weighted by Gasteiger charge is 1.95. The van der Waals surface area contributed by atoms with Gasteiger partial charge in [-0.2, -0.15) is 0 Å². The van der Waals surface area contributed by atoms with Crippen molar-refractivity contribution in [1.82, 2.24) is 0 Å². The molecule has 3 heteroatoms. The Kier molecular flexibility index (Phi) is 8.15. The third kappa shape index (κ3) is 8.81. The molecule has 0 radical (unpaired) electrons. The van der Waals surface area contributed by atoms with Gasteiger partial charge in [0, 0.05) is 6.08 Å². The first kappa shape index (κ1) is 13.5. The number of carbonyl (C=O) groups excluding carboxylic acids is 1. The van der Waals surface area contributed by atoms with Gasteiger partial charge in [0.05, 0.1) is 19.0 Å². The lowest BCUT2D eigenvalue weighted by Crippen LogP contribution is -2.03. The molecule has 0 aliphatic rings. The molecule has 0 aliphatic heterocycles. The molecule has 0 aliphatic carbocycles. The van der Waals surface area contributed by atoms with E-state index >= 15 is 0 Å². The van der Waals surface area contributed by atoms with Crippen molar-refractivity contribution in [1.29, 1.82) is 0 Å². The van der Waals surface area contributed by atoms with Crippen molar-refractivity contribution in [3.05, 3.63) is 37.1 Å². The van der Waals surface area contributed by atoms with E-state index in [1.165, 1.54) is 0 Å². The van der Waals surface area contributed by atoms with Gasteiger partial charge in [-0.3, -0.25) is 0 Å².